The summed E-state index contributed by atoms with van der Waals surface area (Å²) in [5.74, 6) is -0.376. The van der Waals surface area contributed by atoms with Crippen LogP contribution in [0, 0.1) is 26.2 Å². The number of ketones is 1. The lowest BCUT2D eigenvalue weighted by Crippen LogP contribution is -2.38. The van der Waals surface area contributed by atoms with Crippen LogP contribution in [0.3, 0.4) is 0 Å². The molecule has 13 heteroatoms. The highest BCUT2D eigenvalue weighted by Gasteiger charge is 2.57. The summed E-state index contributed by atoms with van der Waals surface area (Å²) in [6.07, 6.45) is 1.05. The lowest BCUT2D eigenvalue weighted by Gasteiger charge is -2.21. The molecule has 1 aliphatic rings. The second kappa shape index (κ2) is 15.6. The number of Topliss-reactive ketones (excluding diaryl/α,β-unsaturated/α-hetero) is 1. The summed E-state index contributed by atoms with van der Waals surface area (Å²) in [6, 6.07) is 16.6. The summed E-state index contributed by atoms with van der Waals surface area (Å²) >= 11 is 6.49. The van der Waals surface area contributed by atoms with E-state index in [0.717, 1.165) is 34.4 Å². The van der Waals surface area contributed by atoms with E-state index in [1.165, 1.54) is 0 Å². The normalized spacial score (nSPS) is 18.4. The molecule has 0 aromatic heterocycles. The number of halogens is 1. The number of anilines is 2. The maximum Gasteiger partial charge on any atom is 0.278 e. The van der Waals surface area contributed by atoms with Gasteiger partial charge >= 0.3 is 0 Å². The average molecular weight is 727 g/mol. The fraction of sp³-hybridized carbons (Fsp3) is 0.432. The Morgan fingerprint density at radius 2 is 1.74 bits per heavy atom. The summed E-state index contributed by atoms with van der Waals surface area (Å²) < 4.78 is 38.9. The van der Waals surface area contributed by atoms with Crippen molar-refractivity contribution in [1.82, 2.24) is 9.21 Å². The van der Waals surface area contributed by atoms with Crippen LogP contribution in [0.5, 0.6) is 5.75 Å². The van der Waals surface area contributed by atoms with Gasteiger partial charge in [-0.15, -0.1) is 0 Å². The molecule has 0 spiro atoms. The van der Waals surface area contributed by atoms with Gasteiger partial charge in [0.1, 0.15) is 18.2 Å². The quantitative estimate of drug-likeness (QED) is 0.0504. The molecule has 1 amide bonds. The number of hydrogen-bond acceptors (Lipinski definition) is 8. The van der Waals surface area contributed by atoms with Crippen LogP contribution in [0.25, 0.3) is 0 Å². The molecular weight excluding hydrogens is 678 g/mol. The zero-order chi connectivity index (χ0) is 37.0. The molecule has 3 N–H and O–H groups in total. The minimum absolute atomic E-state index is 0.131. The van der Waals surface area contributed by atoms with E-state index >= 15 is 0 Å². The molecule has 0 bridgehead atoms. The number of nitrogens with one attached hydrogen (secondary N) is 3. The molecule has 50 heavy (non-hydrogen) atoms. The second-order valence-electron chi connectivity index (χ2n) is 13.8. The largest absolute Gasteiger partial charge is 0.465 e. The Morgan fingerprint density at radius 1 is 1.02 bits per heavy atom. The molecule has 11 nitrogen and oxygen atoms in total. The van der Waals surface area contributed by atoms with Crippen molar-refractivity contribution in [3.8, 4) is 5.75 Å². The Bertz CT molecular complexity index is 1890. The number of amides is 1. The van der Waals surface area contributed by atoms with E-state index in [-0.39, 0.29) is 23.6 Å². The maximum atomic E-state index is 13.8. The van der Waals surface area contributed by atoms with Gasteiger partial charge in [-0.3, -0.25) is 14.1 Å². The SMILES string of the molecule is CCC(OCNc1ccc(Cl)c(NC(=O)C(=Nc2ccc([N+]3(CC)CC3NS(C)(=O)=O)cc2C)C(=O)C(C)(C)C)c1)Oc1ccc(C)cc1C. The summed E-state index contributed by atoms with van der Waals surface area (Å²) in [5, 5.41) is 6.24. The van der Waals surface area contributed by atoms with Crippen LogP contribution in [0.2, 0.25) is 5.02 Å². The third kappa shape index (κ3) is 9.70. The minimum atomic E-state index is -3.37. The summed E-state index contributed by atoms with van der Waals surface area (Å²) in [6.45, 7) is 16.5. The zero-order valence-electron chi connectivity index (χ0n) is 30.3. The number of hydrogen-bond donors (Lipinski definition) is 3. The van der Waals surface area contributed by atoms with E-state index in [0.29, 0.717) is 41.1 Å². The lowest BCUT2D eigenvalue weighted by atomic mass is 9.87. The molecule has 270 valence electrons. The van der Waals surface area contributed by atoms with Gasteiger partial charge in [-0.05, 0) is 69.2 Å². The Hall–Kier alpha value is -3.81. The van der Waals surface area contributed by atoms with Crippen LogP contribution in [-0.4, -0.2) is 64.4 Å². The molecule has 1 aliphatic heterocycles. The first-order valence-electron chi connectivity index (χ1n) is 16.7. The van der Waals surface area contributed by atoms with Gasteiger partial charge in [0, 0.05) is 29.7 Å². The number of carbonyl (C=O) groups excluding carboxylic acids is 2. The number of aliphatic imine (C=N–C) groups is 1. The van der Waals surface area contributed by atoms with Gasteiger partial charge in [-0.1, -0.05) is 57.0 Å². The molecule has 1 heterocycles. The number of carbonyl (C=O) groups is 2. The predicted octanol–water partition coefficient (Wildman–Crippen LogP) is 7.01. The van der Waals surface area contributed by atoms with Crippen molar-refractivity contribution in [3.05, 3.63) is 76.3 Å². The van der Waals surface area contributed by atoms with Crippen molar-refractivity contribution >= 4 is 61.8 Å². The number of likely N-dealkylation sites (N-methyl/N-ethyl adjacent to an activating group) is 1. The predicted molar refractivity (Wildman–Crippen MR) is 202 cm³/mol. The van der Waals surface area contributed by atoms with Gasteiger partial charge in [0.05, 0.1) is 29.2 Å². The molecule has 0 radical (unpaired) electrons. The lowest BCUT2D eigenvalue weighted by molar-refractivity contribution is -0.121. The van der Waals surface area contributed by atoms with E-state index in [2.05, 4.69) is 26.4 Å². The highest BCUT2D eigenvalue weighted by molar-refractivity contribution is 7.88. The Kier molecular flexibility index (Phi) is 12.2. The summed E-state index contributed by atoms with van der Waals surface area (Å²) in [5.41, 5.74) is 4.05. The monoisotopic (exact) mass is 726 g/mol. The number of ether oxygens (including phenoxy) is 2. The van der Waals surface area contributed by atoms with Crippen molar-refractivity contribution in [2.24, 2.45) is 10.4 Å². The van der Waals surface area contributed by atoms with E-state index in [9.17, 15) is 18.0 Å². The second-order valence-corrected chi connectivity index (χ2v) is 16.0. The highest BCUT2D eigenvalue weighted by atomic mass is 35.5. The molecule has 0 aliphatic carbocycles. The van der Waals surface area contributed by atoms with Crippen LogP contribution in [-0.2, 0) is 24.3 Å². The van der Waals surface area contributed by atoms with Gasteiger partial charge in [0.2, 0.25) is 22.5 Å². The first kappa shape index (κ1) is 39.0. The molecule has 0 saturated carbocycles. The fourth-order valence-electron chi connectivity index (χ4n) is 5.63. The average Bonchev–Trinajstić information content (AvgIpc) is 3.73. The van der Waals surface area contributed by atoms with Crippen LogP contribution >= 0.6 is 11.6 Å². The van der Waals surface area contributed by atoms with Crippen LogP contribution < -0.4 is 24.6 Å². The Labute approximate surface area is 301 Å². The third-order valence-corrected chi connectivity index (χ3v) is 9.63. The van der Waals surface area contributed by atoms with Crippen molar-refractivity contribution in [2.45, 2.75) is 74.3 Å². The van der Waals surface area contributed by atoms with Crippen molar-refractivity contribution < 1.29 is 27.5 Å². The third-order valence-electron chi connectivity index (χ3n) is 8.60. The fourth-order valence-corrected chi connectivity index (χ4v) is 6.56. The number of quaternary nitrogens is 1. The van der Waals surface area contributed by atoms with E-state index in [4.69, 9.17) is 21.1 Å². The van der Waals surface area contributed by atoms with Gasteiger partial charge in [-0.2, -0.15) is 4.72 Å². The van der Waals surface area contributed by atoms with E-state index in [1.54, 1.807) is 45.0 Å². The zero-order valence-corrected chi connectivity index (χ0v) is 31.9. The van der Waals surface area contributed by atoms with Crippen LogP contribution in [0.15, 0.2) is 59.6 Å². The molecule has 3 atom stereocenters. The van der Waals surface area contributed by atoms with E-state index < -0.39 is 33.4 Å². The molecule has 3 aromatic rings. The van der Waals surface area contributed by atoms with Crippen LogP contribution in [0.1, 0.15) is 57.7 Å². The van der Waals surface area contributed by atoms with Crippen molar-refractivity contribution in [2.75, 3.05) is 36.7 Å². The first-order chi connectivity index (χ1) is 23.4. The number of sulfonamides is 1. The van der Waals surface area contributed by atoms with E-state index in [1.807, 2.05) is 58.9 Å². The smallest absolute Gasteiger partial charge is 0.278 e. The van der Waals surface area contributed by atoms with Gasteiger partial charge in [0.15, 0.2) is 18.0 Å². The molecule has 4 rings (SSSR count). The molecule has 3 unspecified atom stereocenters. The number of nitrogens with zero attached hydrogens (tertiary/aromatic N) is 2. The summed E-state index contributed by atoms with van der Waals surface area (Å²) in [4.78, 5) is 31.9. The molecule has 1 fully saturated rings. The molecular formula is C37H49ClN5O6S+. The maximum absolute atomic E-state index is 13.8. The first-order valence-corrected chi connectivity index (χ1v) is 18.9. The number of rotatable bonds is 15. The van der Waals surface area contributed by atoms with Gasteiger partial charge < -0.3 is 20.1 Å². The highest BCUT2D eigenvalue weighted by Crippen LogP contribution is 2.39. The standard InChI is InChI=1S/C37H48ClN5O6S/c1-10-33(49-31-17-12-23(3)18-25(31)5)48-22-39-26-13-15-28(38)30(20-26)41-36(45)34(35(44)37(6,7)8)40-29-16-14-27(19-24(29)4)43(11-2)21-32(43)42-50(9,46)47/h12-20,32-33,39,42H,10-11,21-22H2,1-9H3/p+1. The van der Waals surface area contributed by atoms with Crippen molar-refractivity contribution in [1.29, 1.82) is 0 Å². The Morgan fingerprint density at radius 3 is 2.34 bits per heavy atom. The number of benzene rings is 3. The molecule has 1 saturated heterocycles. The minimum Gasteiger partial charge on any atom is -0.465 e. The van der Waals surface area contributed by atoms with Gasteiger partial charge in [0.25, 0.3) is 5.91 Å². The Balaban J connectivity index is 1.51. The van der Waals surface area contributed by atoms with Crippen molar-refractivity contribution in [3.63, 3.8) is 0 Å². The summed E-state index contributed by atoms with van der Waals surface area (Å²) in [7, 11) is -3.37. The number of aryl methyl sites for hydroxylation is 3. The van der Waals surface area contributed by atoms with Crippen LogP contribution in [0.4, 0.5) is 22.7 Å². The van der Waals surface area contributed by atoms with Gasteiger partial charge in [-0.25, -0.2) is 13.4 Å². The molecule has 3 aromatic carbocycles. The topological polar surface area (TPSA) is 135 Å².